The summed E-state index contributed by atoms with van der Waals surface area (Å²) in [5.74, 6) is 0.101. The molecule has 0 heterocycles. The molecular weight excluding hydrogens is 354 g/mol. The van der Waals surface area contributed by atoms with Gasteiger partial charge in [0.15, 0.2) is 0 Å². The Kier molecular flexibility index (Phi) is 4.91. The lowest BCUT2D eigenvalue weighted by atomic mass is 10.1. The number of carbonyl (C=O) groups excluding carboxylic acids is 1. The fourth-order valence-electron chi connectivity index (χ4n) is 1.99. The second kappa shape index (κ2) is 6.50. The molecule has 0 bridgehead atoms. The Balaban J connectivity index is 2.21. The van der Waals surface area contributed by atoms with Crippen molar-refractivity contribution in [3.05, 3.63) is 63.1 Å². The van der Waals surface area contributed by atoms with Crippen molar-refractivity contribution in [2.75, 3.05) is 7.05 Å². The summed E-state index contributed by atoms with van der Waals surface area (Å²) in [5, 5.41) is 9.83. The Labute approximate surface area is 137 Å². The van der Waals surface area contributed by atoms with Crippen molar-refractivity contribution in [3.63, 3.8) is 0 Å². The van der Waals surface area contributed by atoms with Crippen molar-refractivity contribution in [1.29, 1.82) is 0 Å². The molecule has 3 nitrogen and oxygen atoms in total. The Morgan fingerprint density at radius 1 is 1.24 bits per heavy atom. The van der Waals surface area contributed by atoms with Crippen LogP contribution in [0, 0.1) is 0 Å². The van der Waals surface area contributed by atoms with E-state index in [9.17, 15) is 9.90 Å². The third-order valence-electron chi connectivity index (χ3n) is 3.44. The zero-order valence-electron chi connectivity index (χ0n) is 11.7. The van der Waals surface area contributed by atoms with Crippen molar-refractivity contribution < 1.29 is 9.90 Å². The van der Waals surface area contributed by atoms with Crippen molar-refractivity contribution in [1.82, 2.24) is 4.90 Å². The Morgan fingerprint density at radius 2 is 1.86 bits per heavy atom. The number of halogens is 2. The third kappa shape index (κ3) is 3.57. The molecule has 1 amide bonds. The monoisotopic (exact) mass is 367 g/mol. The molecule has 0 saturated carbocycles. The van der Waals surface area contributed by atoms with Crippen LogP contribution in [-0.2, 0) is 0 Å². The SMILES string of the molecule is CC(c1ccc(O)cc1)N(C)C(=O)c1ccc(Br)c(Cl)c1. The number of phenols is 1. The highest BCUT2D eigenvalue weighted by atomic mass is 79.9. The number of amides is 1. The summed E-state index contributed by atoms with van der Waals surface area (Å²) in [6, 6.07) is 11.9. The first-order valence-corrected chi connectivity index (χ1v) is 7.58. The molecule has 0 radical (unpaired) electrons. The van der Waals surface area contributed by atoms with Crippen LogP contribution < -0.4 is 0 Å². The number of phenolic OH excluding ortho intramolecular Hbond substituents is 1. The normalized spacial score (nSPS) is 12.0. The number of carbonyl (C=O) groups is 1. The van der Waals surface area contributed by atoms with Crippen molar-refractivity contribution in [2.45, 2.75) is 13.0 Å². The molecule has 21 heavy (non-hydrogen) atoms. The van der Waals surface area contributed by atoms with E-state index < -0.39 is 0 Å². The molecule has 110 valence electrons. The molecule has 0 fully saturated rings. The van der Waals surface area contributed by atoms with Gasteiger partial charge in [0.05, 0.1) is 11.1 Å². The summed E-state index contributed by atoms with van der Waals surface area (Å²) >= 11 is 9.34. The number of nitrogens with zero attached hydrogens (tertiary/aromatic N) is 1. The zero-order chi connectivity index (χ0) is 15.6. The molecule has 0 spiro atoms. The third-order valence-corrected chi connectivity index (χ3v) is 4.68. The maximum Gasteiger partial charge on any atom is 0.254 e. The van der Waals surface area contributed by atoms with E-state index in [0.717, 1.165) is 10.0 Å². The van der Waals surface area contributed by atoms with Crippen LogP contribution in [0.1, 0.15) is 28.9 Å². The van der Waals surface area contributed by atoms with Crippen LogP contribution in [0.2, 0.25) is 5.02 Å². The van der Waals surface area contributed by atoms with Gasteiger partial charge in [-0.3, -0.25) is 4.79 Å². The average Bonchev–Trinajstić information content (AvgIpc) is 2.48. The van der Waals surface area contributed by atoms with E-state index in [4.69, 9.17) is 11.6 Å². The van der Waals surface area contributed by atoms with Gasteiger partial charge in [-0.1, -0.05) is 23.7 Å². The van der Waals surface area contributed by atoms with Gasteiger partial charge in [-0.25, -0.2) is 0 Å². The van der Waals surface area contributed by atoms with Gasteiger partial charge in [0.1, 0.15) is 5.75 Å². The second-order valence-electron chi connectivity index (χ2n) is 4.81. The van der Waals surface area contributed by atoms with Crippen LogP contribution in [0.15, 0.2) is 46.9 Å². The van der Waals surface area contributed by atoms with Crippen LogP contribution >= 0.6 is 27.5 Å². The van der Waals surface area contributed by atoms with Gasteiger partial charge >= 0.3 is 0 Å². The highest BCUT2D eigenvalue weighted by Gasteiger charge is 2.19. The molecule has 1 unspecified atom stereocenters. The quantitative estimate of drug-likeness (QED) is 0.857. The summed E-state index contributed by atoms with van der Waals surface area (Å²) in [6.07, 6.45) is 0. The van der Waals surface area contributed by atoms with Gasteiger partial charge in [-0.05, 0) is 58.7 Å². The fourth-order valence-corrected chi connectivity index (χ4v) is 2.41. The molecule has 0 aliphatic carbocycles. The predicted molar refractivity (Wildman–Crippen MR) is 87.8 cm³/mol. The number of hydrogen-bond donors (Lipinski definition) is 1. The molecule has 0 aliphatic rings. The molecule has 2 aromatic rings. The van der Waals surface area contributed by atoms with Crippen molar-refractivity contribution in [2.24, 2.45) is 0 Å². The lowest BCUT2D eigenvalue weighted by Gasteiger charge is -2.25. The van der Waals surface area contributed by atoms with Gasteiger partial charge in [0, 0.05) is 17.1 Å². The van der Waals surface area contributed by atoms with Crippen molar-refractivity contribution >= 4 is 33.4 Å². The van der Waals surface area contributed by atoms with Crippen LogP contribution in [0.3, 0.4) is 0 Å². The van der Waals surface area contributed by atoms with Crippen LogP contribution in [-0.4, -0.2) is 23.0 Å². The highest BCUT2D eigenvalue weighted by molar-refractivity contribution is 9.10. The molecule has 0 aromatic heterocycles. The molecule has 0 saturated heterocycles. The number of aromatic hydroxyl groups is 1. The Hall–Kier alpha value is -1.52. The lowest BCUT2D eigenvalue weighted by Crippen LogP contribution is -2.29. The maximum absolute atomic E-state index is 12.5. The lowest BCUT2D eigenvalue weighted by molar-refractivity contribution is 0.0742. The summed E-state index contributed by atoms with van der Waals surface area (Å²) < 4.78 is 0.759. The Morgan fingerprint density at radius 3 is 2.43 bits per heavy atom. The van der Waals surface area contributed by atoms with Crippen LogP contribution in [0.4, 0.5) is 0 Å². The second-order valence-corrected chi connectivity index (χ2v) is 6.07. The summed E-state index contributed by atoms with van der Waals surface area (Å²) in [6.45, 7) is 1.94. The predicted octanol–water partition coefficient (Wildman–Crippen LogP) is 4.64. The van der Waals surface area contributed by atoms with Gasteiger partial charge < -0.3 is 10.0 Å². The minimum Gasteiger partial charge on any atom is -0.508 e. The van der Waals surface area contributed by atoms with E-state index in [1.807, 2.05) is 6.92 Å². The van der Waals surface area contributed by atoms with E-state index >= 15 is 0 Å². The average molecular weight is 369 g/mol. The number of benzene rings is 2. The van der Waals surface area contributed by atoms with E-state index in [1.54, 1.807) is 54.4 Å². The van der Waals surface area contributed by atoms with Crippen LogP contribution in [0.5, 0.6) is 5.75 Å². The van der Waals surface area contributed by atoms with Crippen molar-refractivity contribution in [3.8, 4) is 5.75 Å². The summed E-state index contributed by atoms with van der Waals surface area (Å²) in [7, 11) is 1.75. The van der Waals surface area contributed by atoms with Gasteiger partial charge in [0.2, 0.25) is 0 Å². The number of rotatable bonds is 3. The summed E-state index contributed by atoms with van der Waals surface area (Å²) in [5.41, 5.74) is 1.49. The topological polar surface area (TPSA) is 40.5 Å². The van der Waals surface area contributed by atoms with E-state index in [2.05, 4.69) is 15.9 Å². The first-order valence-electron chi connectivity index (χ1n) is 6.41. The van der Waals surface area contributed by atoms with Gasteiger partial charge in [0.25, 0.3) is 5.91 Å². The Bertz CT molecular complexity index is 658. The largest absolute Gasteiger partial charge is 0.508 e. The standard InChI is InChI=1S/C16H15BrClNO2/c1-10(11-3-6-13(20)7-4-11)19(2)16(21)12-5-8-14(17)15(18)9-12/h3-10,20H,1-2H3. The van der Waals surface area contributed by atoms with E-state index in [1.165, 1.54) is 0 Å². The molecule has 1 N–H and O–H groups in total. The van der Waals surface area contributed by atoms with Gasteiger partial charge in [-0.2, -0.15) is 0 Å². The first-order chi connectivity index (χ1) is 9.90. The molecule has 2 aromatic carbocycles. The molecule has 1 atom stereocenters. The molecule has 0 aliphatic heterocycles. The molecule has 5 heteroatoms. The fraction of sp³-hybridized carbons (Fsp3) is 0.188. The maximum atomic E-state index is 12.5. The summed E-state index contributed by atoms with van der Waals surface area (Å²) in [4.78, 5) is 14.1. The van der Waals surface area contributed by atoms with Gasteiger partial charge in [-0.15, -0.1) is 0 Å². The smallest absolute Gasteiger partial charge is 0.254 e. The number of hydrogen-bond acceptors (Lipinski definition) is 2. The first kappa shape index (κ1) is 15.9. The highest BCUT2D eigenvalue weighted by Crippen LogP contribution is 2.26. The van der Waals surface area contributed by atoms with E-state index in [-0.39, 0.29) is 17.7 Å². The van der Waals surface area contributed by atoms with Crippen LogP contribution in [0.25, 0.3) is 0 Å². The minimum atomic E-state index is -0.111. The minimum absolute atomic E-state index is 0.107. The molecular formula is C16H15BrClNO2. The zero-order valence-corrected chi connectivity index (χ0v) is 14.0. The van der Waals surface area contributed by atoms with E-state index in [0.29, 0.717) is 10.6 Å². The molecule has 2 rings (SSSR count).